The van der Waals surface area contributed by atoms with Gasteiger partial charge in [-0.05, 0) is 18.2 Å². The molecule has 0 amide bonds. The molecule has 0 saturated heterocycles. The van der Waals surface area contributed by atoms with Gasteiger partial charge in [-0.1, -0.05) is 5.21 Å². The van der Waals surface area contributed by atoms with Crippen LogP contribution < -0.4 is 0 Å². The Labute approximate surface area is 119 Å². The molecule has 0 unspecified atom stereocenters. The lowest BCUT2D eigenvalue weighted by molar-refractivity contribution is -0.143. The molecular weight excluding hydrogens is 324 g/mol. The summed E-state index contributed by atoms with van der Waals surface area (Å²) in [5.41, 5.74) is -3.10. The Kier molecular flexibility index (Phi) is 3.87. The molecule has 0 fully saturated rings. The fourth-order valence-corrected chi connectivity index (χ4v) is 1.81. The van der Waals surface area contributed by atoms with Gasteiger partial charge in [0.05, 0.1) is 34.6 Å². The van der Waals surface area contributed by atoms with E-state index in [2.05, 4.69) is 10.3 Å². The smallest absolute Gasteiger partial charge is 0.216 e. The van der Waals surface area contributed by atoms with Gasteiger partial charge < -0.3 is 0 Å². The lowest BCUT2D eigenvalue weighted by Crippen LogP contribution is -2.13. The van der Waals surface area contributed by atoms with Crippen molar-refractivity contribution in [2.45, 2.75) is 18.2 Å². The highest BCUT2D eigenvalue weighted by Crippen LogP contribution is 2.37. The van der Waals surface area contributed by atoms with E-state index in [4.69, 9.17) is 11.6 Å². The molecule has 0 aliphatic rings. The molecule has 0 radical (unpaired) electrons. The summed E-state index contributed by atoms with van der Waals surface area (Å²) in [4.78, 5) is 0. The Bertz CT molecular complexity index is 614. The van der Waals surface area contributed by atoms with Crippen molar-refractivity contribution < 1.29 is 26.3 Å². The lowest BCUT2D eigenvalue weighted by atomic mass is 10.1. The van der Waals surface area contributed by atoms with Crippen molar-refractivity contribution in [3.05, 3.63) is 41.2 Å². The molecule has 2 rings (SSSR count). The number of benzene rings is 1. The number of hydrogen-bond donors (Lipinski definition) is 0. The average molecular weight is 330 g/mol. The third-order valence-corrected chi connectivity index (χ3v) is 2.85. The first-order valence-corrected chi connectivity index (χ1v) is 5.92. The van der Waals surface area contributed by atoms with Crippen LogP contribution in [0.15, 0.2) is 24.4 Å². The number of rotatable bonds is 2. The Morgan fingerprint density at radius 2 is 1.48 bits per heavy atom. The Hall–Kier alpha value is -1.77. The molecular formula is C11H6ClF6N3. The third-order valence-electron chi connectivity index (χ3n) is 2.57. The van der Waals surface area contributed by atoms with Crippen LogP contribution in [0.1, 0.15) is 16.8 Å². The monoisotopic (exact) mass is 329 g/mol. The molecule has 1 aromatic carbocycles. The van der Waals surface area contributed by atoms with Gasteiger partial charge in [0.15, 0.2) is 0 Å². The van der Waals surface area contributed by atoms with E-state index >= 15 is 0 Å². The van der Waals surface area contributed by atoms with E-state index in [1.807, 2.05) is 0 Å². The van der Waals surface area contributed by atoms with Crippen molar-refractivity contribution in [2.24, 2.45) is 0 Å². The van der Waals surface area contributed by atoms with Crippen molar-refractivity contribution in [1.29, 1.82) is 0 Å². The third kappa shape index (κ3) is 3.29. The molecule has 0 N–H and O–H groups in total. The lowest BCUT2D eigenvalue weighted by Gasteiger charge is -2.14. The van der Waals surface area contributed by atoms with Gasteiger partial charge in [-0.3, -0.25) is 0 Å². The van der Waals surface area contributed by atoms with Crippen LogP contribution in [-0.2, 0) is 18.2 Å². The number of hydrogen-bond acceptors (Lipinski definition) is 2. The normalized spacial score (nSPS) is 12.7. The highest BCUT2D eigenvalue weighted by Gasteiger charge is 2.37. The molecule has 0 bridgehead atoms. The van der Waals surface area contributed by atoms with Gasteiger partial charge in [-0.25, -0.2) is 4.68 Å². The highest BCUT2D eigenvalue weighted by atomic mass is 35.5. The summed E-state index contributed by atoms with van der Waals surface area (Å²) >= 11 is 5.54. The minimum Gasteiger partial charge on any atom is -0.216 e. The van der Waals surface area contributed by atoms with E-state index in [1.54, 1.807) is 0 Å². The van der Waals surface area contributed by atoms with Crippen LogP contribution in [0, 0.1) is 0 Å². The SMILES string of the molecule is FC(F)(F)c1cc(-n2nncc2CCl)cc(C(F)(F)F)c1. The first-order valence-electron chi connectivity index (χ1n) is 5.38. The largest absolute Gasteiger partial charge is 0.416 e. The van der Waals surface area contributed by atoms with E-state index in [1.165, 1.54) is 0 Å². The number of halogens is 7. The van der Waals surface area contributed by atoms with Crippen LogP contribution in [0.2, 0.25) is 0 Å². The molecule has 2 aromatic rings. The number of aromatic nitrogens is 3. The minimum atomic E-state index is -4.92. The van der Waals surface area contributed by atoms with Gasteiger partial charge in [0.25, 0.3) is 0 Å². The zero-order valence-corrected chi connectivity index (χ0v) is 10.8. The molecule has 114 valence electrons. The molecule has 3 nitrogen and oxygen atoms in total. The Morgan fingerprint density at radius 3 is 1.90 bits per heavy atom. The summed E-state index contributed by atoms with van der Waals surface area (Å²) < 4.78 is 77.2. The van der Waals surface area contributed by atoms with E-state index in [0.717, 1.165) is 10.9 Å². The quantitative estimate of drug-likeness (QED) is 0.615. The fourth-order valence-electron chi connectivity index (χ4n) is 1.63. The zero-order valence-electron chi connectivity index (χ0n) is 10.0. The Morgan fingerprint density at radius 1 is 0.952 bits per heavy atom. The van der Waals surface area contributed by atoms with Crippen molar-refractivity contribution >= 4 is 11.6 Å². The topological polar surface area (TPSA) is 30.7 Å². The standard InChI is InChI=1S/C11H6ClF6N3/c12-4-9-5-19-20-21(9)8-2-6(10(13,14)15)1-7(3-8)11(16,17)18/h1-3,5H,4H2. The summed E-state index contributed by atoms with van der Waals surface area (Å²) in [6, 6.07) is 1.15. The van der Waals surface area contributed by atoms with Crippen LogP contribution in [0.3, 0.4) is 0 Å². The first-order chi connectivity index (χ1) is 9.63. The number of nitrogens with zero attached hydrogens (tertiary/aromatic N) is 3. The fraction of sp³-hybridized carbons (Fsp3) is 0.273. The maximum absolute atomic E-state index is 12.7. The summed E-state index contributed by atoms with van der Waals surface area (Å²) in [5.74, 6) is -0.162. The Balaban J connectivity index is 2.66. The van der Waals surface area contributed by atoms with E-state index < -0.39 is 29.2 Å². The van der Waals surface area contributed by atoms with Crippen LogP contribution in [-0.4, -0.2) is 15.0 Å². The second kappa shape index (κ2) is 5.21. The average Bonchev–Trinajstić information content (AvgIpc) is 2.84. The van der Waals surface area contributed by atoms with Gasteiger partial charge >= 0.3 is 12.4 Å². The molecule has 10 heteroatoms. The number of alkyl halides is 7. The maximum atomic E-state index is 12.7. The van der Waals surface area contributed by atoms with Crippen molar-refractivity contribution in [1.82, 2.24) is 15.0 Å². The van der Waals surface area contributed by atoms with Gasteiger partial charge in [0.2, 0.25) is 0 Å². The zero-order chi connectivity index (χ0) is 15.8. The van der Waals surface area contributed by atoms with E-state index in [9.17, 15) is 26.3 Å². The molecule has 0 aliphatic carbocycles. The predicted molar refractivity (Wildman–Crippen MR) is 60.9 cm³/mol. The van der Waals surface area contributed by atoms with E-state index in [-0.39, 0.29) is 17.6 Å². The molecule has 1 aromatic heterocycles. The van der Waals surface area contributed by atoms with Crippen LogP contribution in [0.5, 0.6) is 0 Å². The van der Waals surface area contributed by atoms with Gasteiger partial charge in [-0.15, -0.1) is 16.7 Å². The second-order valence-electron chi connectivity index (χ2n) is 4.03. The minimum absolute atomic E-state index is 0.0425. The van der Waals surface area contributed by atoms with Crippen LogP contribution in [0.25, 0.3) is 5.69 Å². The molecule has 0 spiro atoms. The highest BCUT2D eigenvalue weighted by molar-refractivity contribution is 6.16. The summed E-state index contributed by atoms with van der Waals surface area (Å²) in [5, 5.41) is 6.87. The molecule has 1 heterocycles. The summed E-state index contributed by atoms with van der Waals surface area (Å²) in [6.07, 6.45) is -8.68. The van der Waals surface area contributed by atoms with E-state index in [0.29, 0.717) is 12.1 Å². The summed E-state index contributed by atoms with van der Waals surface area (Å²) in [6.45, 7) is 0. The second-order valence-corrected chi connectivity index (χ2v) is 4.30. The molecule has 0 atom stereocenters. The van der Waals surface area contributed by atoms with Gasteiger partial charge in [0, 0.05) is 0 Å². The van der Waals surface area contributed by atoms with Crippen LogP contribution >= 0.6 is 11.6 Å². The van der Waals surface area contributed by atoms with Crippen molar-refractivity contribution in [2.75, 3.05) is 0 Å². The molecule has 21 heavy (non-hydrogen) atoms. The predicted octanol–water partition coefficient (Wildman–Crippen LogP) is 4.04. The van der Waals surface area contributed by atoms with Crippen molar-refractivity contribution in [3.8, 4) is 5.69 Å². The summed E-state index contributed by atoms with van der Waals surface area (Å²) in [7, 11) is 0. The van der Waals surface area contributed by atoms with Gasteiger partial charge in [0.1, 0.15) is 0 Å². The molecule has 0 aliphatic heterocycles. The molecule has 0 saturated carbocycles. The van der Waals surface area contributed by atoms with Crippen LogP contribution in [0.4, 0.5) is 26.3 Å². The first kappa shape index (κ1) is 15.6. The van der Waals surface area contributed by atoms with Crippen molar-refractivity contribution in [3.63, 3.8) is 0 Å². The van der Waals surface area contributed by atoms with Gasteiger partial charge in [-0.2, -0.15) is 26.3 Å². The maximum Gasteiger partial charge on any atom is 0.416 e.